The Morgan fingerprint density at radius 3 is 2.50 bits per heavy atom. The number of aliphatic hydroxyl groups excluding tert-OH is 1. The third-order valence-corrected chi connectivity index (χ3v) is 4.94. The highest BCUT2D eigenvalue weighted by Gasteiger charge is 2.20. The summed E-state index contributed by atoms with van der Waals surface area (Å²) in [6.07, 6.45) is 4.38. The summed E-state index contributed by atoms with van der Waals surface area (Å²) in [5.74, 6) is 0.813. The molecule has 0 amide bonds. The highest BCUT2D eigenvalue weighted by atomic mass is 16.5. The van der Waals surface area contributed by atoms with Crippen LogP contribution in [0.1, 0.15) is 9.68 Å². The van der Waals surface area contributed by atoms with E-state index in [1.807, 2.05) is 16.7 Å². The number of pyridine rings is 2. The predicted octanol–water partition coefficient (Wildman–Crippen LogP) is 3.02. The van der Waals surface area contributed by atoms with E-state index < -0.39 is 7.04 Å². The zero-order valence-electron chi connectivity index (χ0n) is 19.7. The molecule has 9 heteroatoms. The van der Waals surface area contributed by atoms with Crippen LogP contribution in [0.2, 0.25) is 0 Å². The standard InChI is InChI=1S/C23H19N7O2/c1-32-16-6-7-17(27-12-16)18-8-9-19-22(28-18)30(15-4-2-14(13-31)3-5-15)23(29-19)20-21(24)26-11-10-25-20/h2-12,31H,13H2,1H3,(H2,24,26)/i1D3. The van der Waals surface area contributed by atoms with Gasteiger partial charge < -0.3 is 15.6 Å². The van der Waals surface area contributed by atoms with Crippen LogP contribution >= 0.6 is 0 Å². The van der Waals surface area contributed by atoms with E-state index >= 15 is 0 Å². The molecule has 0 atom stereocenters. The molecule has 0 fully saturated rings. The van der Waals surface area contributed by atoms with Crippen LogP contribution in [-0.2, 0) is 6.61 Å². The van der Waals surface area contributed by atoms with Gasteiger partial charge in [-0.1, -0.05) is 12.1 Å². The number of rotatable bonds is 5. The maximum Gasteiger partial charge on any atom is 0.169 e. The van der Waals surface area contributed by atoms with Crippen molar-refractivity contribution in [3.05, 3.63) is 72.7 Å². The number of imidazole rings is 1. The van der Waals surface area contributed by atoms with Crippen molar-refractivity contribution in [2.75, 3.05) is 12.8 Å². The van der Waals surface area contributed by atoms with Crippen molar-refractivity contribution < 1.29 is 14.0 Å². The summed E-state index contributed by atoms with van der Waals surface area (Å²) in [6.45, 7) is -0.0789. The third kappa shape index (κ3) is 3.40. The SMILES string of the molecule is [2H]C([2H])([2H])Oc1ccc(-c2ccc3nc(-c4nccnc4N)n(-c4ccc(CO)cc4)c3n2)nc1. The summed E-state index contributed by atoms with van der Waals surface area (Å²) in [5, 5.41) is 9.43. The Morgan fingerprint density at radius 1 is 0.969 bits per heavy atom. The summed E-state index contributed by atoms with van der Waals surface area (Å²) in [4.78, 5) is 22.3. The summed E-state index contributed by atoms with van der Waals surface area (Å²) >= 11 is 0. The van der Waals surface area contributed by atoms with E-state index in [-0.39, 0.29) is 18.2 Å². The summed E-state index contributed by atoms with van der Waals surface area (Å²) in [5.41, 5.74) is 10.2. The van der Waals surface area contributed by atoms with Crippen molar-refractivity contribution in [3.63, 3.8) is 0 Å². The van der Waals surface area contributed by atoms with Crippen LogP contribution in [0.3, 0.4) is 0 Å². The number of fused-ring (bicyclic) bond motifs is 1. The van der Waals surface area contributed by atoms with E-state index in [0.29, 0.717) is 34.1 Å². The van der Waals surface area contributed by atoms with Gasteiger partial charge in [0.05, 0.1) is 35.3 Å². The van der Waals surface area contributed by atoms with Gasteiger partial charge in [0, 0.05) is 18.1 Å². The van der Waals surface area contributed by atoms with Gasteiger partial charge in [-0.3, -0.25) is 9.55 Å². The molecule has 158 valence electrons. The highest BCUT2D eigenvalue weighted by molar-refractivity contribution is 5.83. The first-order valence-corrected chi connectivity index (χ1v) is 9.64. The number of hydrogen-bond donors (Lipinski definition) is 2. The lowest BCUT2D eigenvalue weighted by atomic mass is 10.2. The van der Waals surface area contributed by atoms with Crippen molar-refractivity contribution in [1.29, 1.82) is 0 Å². The normalized spacial score (nSPS) is 12.8. The molecule has 0 aliphatic carbocycles. The maximum atomic E-state index is 9.43. The van der Waals surface area contributed by atoms with Gasteiger partial charge in [0.25, 0.3) is 0 Å². The van der Waals surface area contributed by atoms with Crippen molar-refractivity contribution in [2.45, 2.75) is 6.61 Å². The monoisotopic (exact) mass is 428 g/mol. The predicted molar refractivity (Wildman–Crippen MR) is 120 cm³/mol. The fraction of sp³-hybridized carbons (Fsp3) is 0.0870. The van der Waals surface area contributed by atoms with Gasteiger partial charge in [0.15, 0.2) is 17.3 Å². The van der Waals surface area contributed by atoms with Crippen LogP contribution in [0.15, 0.2) is 67.1 Å². The second-order valence-electron chi connectivity index (χ2n) is 6.91. The van der Waals surface area contributed by atoms with Crippen LogP contribution in [0.25, 0.3) is 39.8 Å². The molecule has 0 spiro atoms. The van der Waals surface area contributed by atoms with Crippen molar-refractivity contribution in [1.82, 2.24) is 29.5 Å². The Kier molecular flexibility index (Phi) is 4.11. The molecule has 0 radical (unpaired) electrons. The molecule has 4 aromatic heterocycles. The Bertz CT molecular complexity index is 1500. The summed E-state index contributed by atoms with van der Waals surface area (Å²) in [6, 6.07) is 14.0. The molecule has 0 unspecified atom stereocenters. The fourth-order valence-corrected chi connectivity index (χ4v) is 3.37. The molecule has 4 heterocycles. The molecule has 0 aliphatic heterocycles. The second kappa shape index (κ2) is 8.05. The van der Waals surface area contributed by atoms with Gasteiger partial charge in [-0.2, -0.15) is 0 Å². The van der Waals surface area contributed by atoms with E-state index in [9.17, 15) is 5.11 Å². The number of nitrogens with zero attached hydrogens (tertiary/aromatic N) is 6. The number of benzene rings is 1. The van der Waals surface area contributed by atoms with E-state index in [1.54, 1.807) is 30.3 Å². The Hall–Kier alpha value is -4.37. The van der Waals surface area contributed by atoms with Gasteiger partial charge >= 0.3 is 0 Å². The van der Waals surface area contributed by atoms with Crippen molar-refractivity contribution >= 4 is 17.0 Å². The minimum atomic E-state index is -2.56. The largest absolute Gasteiger partial charge is 0.495 e. The third-order valence-electron chi connectivity index (χ3n) is 4.94. The van der Waals surface area contributed by atoms with Gasteiger partial charge in [-0.15, -0.1) is 0 Å². The first kappa shape index (κ1) is 16.3. The maximum absolute atomic E-state index is 9.43. The zero-order chi connectivity index (χ0) is 24.6. The van der Waals surface area contributed by atoms with Crippen molar-refractivity contribution in [3.8, 4) is 34.3 Å². The van der Waals surface area contributed by atoms with Crippen LogP contribution < -0.4 is 10.5 Å². The lowest BCUT2D eigenvalue weighted by Crippen LogP contribution is -2.04. The average Bonchev–Trinajstić information content (AvgIpc) is 3.22. The topological polar surface area (TPSA) is 125 Å². The molecule has 0 aliphatic rings. The van der Waals surface area contributed by atoms with Crippen LogP contribution in [-0.4, -0.2) is 41.6 Å². The molecule has 0 bridgehead atoms. The Morgan fingerprint density at radius 2 is 1.78 bits per heavy atom. The van der Waals surface area contributed by atoms with Crippen LogP contribution in [0.4, 0.5) is 5.82 Å². The van der Waals surface area contributed by atoms with E-state index in [2.05, 4.69) is 15.0 Å². The fourth-order valence-electron chi connectivity index (χ4n) is 3.37. The summed E-state index contributed by atoms with van der Waals surface area (Å²) < 4.78 is 28.4. The molecular weight excluding hydrogens is 406 g/mol. The first-order chi connectivity index (χ1) is 16.8. The van der Waals surface area contributed by atoms with E-state index in [1.165, 1.54) is 24.7 Å². The number of nitrogen functional groups attached to an aromatic ring is 1. The molecule has 5 aromatic rings. The minimum Gasteiger partial charge on any atom is -0.495 e. The van der Waals surface area contributed by atoms with E-state index in [0.717, 1.165) is 11.3 Å². The Balaban J connectivity index is 1.66. The molecule has 32 heavy (non-hydrogen) atoms. The highest BCUT2D eigenvalue weighted by Crippen LogP contribution is 2.30. The molecule has 3 N–H and O–H groups in total. The van der Waals surface area contributed by atoms with Crippen LogP contribution in [0.5, 0.6) is 5.75 Å². The van der Waals surface area contributed by atoms with Gasteiger partial charge in [0.1, 0.15) is 17.0 Å². The number of anilines is 1. The average molecular weight is 428 g/mol. The van der Waals surface area contributed by atoms with E-state index in [4.69, 9.17) is 24.6 Å². The summed E-state index contributed by atoms with van der Waals surface area (Å²) in [7, 11) is -2.56. The quantitative estimate of drug-likeness (QED) is 0.438. The Labute approximate surface area is 187 Å². The smallest absolute Gasteiger partial charge is 0.169 e. The number of methoxy groups -OCH3 is 1. The molecule has 0 saturated carbocycles. The lowest BCUT2D eigenvalue weighted by molar-refractivity contribution is 0.282. The molecule has 0 saturated heterocycles. The van der Waals surface area contributed by atoms with Gasteiger partial charge in [0.2, 0.25) is 0 Å². The molecule has 5 rings (SSSR count). The number of ether oxygens (including phenoxy) is 1. The van der Waals surface area contributed by atoms with Crippen LogP contribution in [0, 0.1) is 0 Å². The number of aromatic nitrogens is 6. The van der Waals surface area contributed by atoms with Gasteiger partial charge in [-0.05, 0) is 42.0 Å². The molecule has 9 nitrogen and oxygen atoms in total. The number of hydrogen-bond acceptors (Lipinski definition) is 8. The van der Waals surface area contributed by atoms with Gasteiger partial charge in [-0.25, -0.2) is 19.9 Å². The molecule has 1 aromatic carbocycles. The van der Waals surface area contributed by atoms with Crippen molar-refractivity contribution in [2.24, 2.45) is 0 Å². The minimum absolute atomic E-state index is 0.0789. The number of nitrogens with two attached hydrogens (primary N) is 1. The first-order valence-electron chi connectivity index (χ1n) is 11.1. The number of aliphatic hydroxyl groups is 1. The zero-order valence-corrected chi connectivity index (χ0v) is 16.7. The second-order valence-corrected chi connectivity index (χ2v) is 6.91. The molecular formula is C23H19N7O2. The lowest BCUT2D eigenvalue weighted by Gasteiger charge is -2.10.